The van der Waals surface area contributed by atoms with Gasteiger partial charge in [-0.25, -0.2) is 0 Å². The van der Waals surface area contributed by atoms with Crippen molar-refractivity contribution >= 4 is 23.5 Å². The van der Waals surface area contributed by atoms with E-state index in [-0.39, 0.29) is 4.58 Å². The third-order valence-electron chi connectivity index (χ3n) is 4.29. The van der Waals surface area contributed by atoms with Crippen molar-refractivity contribution in [1.82, 2.24) is 4.90 Å². The first-order valence-corrected chi connectivity index (χ1v) is 10.1. The van der Waals surface area contributed by atoms with Crippen LogP contribution in [-0.4, -0.2) is 47.6 Å². The fourth-order valence-corrected chi connectivity index (χ4v) is 5.70. The fraction of sp³-hybridized carbons (Fsp3) is 0.368. The van der Waals surface area contributed by atoms with Gasteiger partial charge < -0.3 is 14.6 Å². The Kier molecular flexibility index (Phi) is 5.84. The van der Waals surface area contributed by atoms with Crippen molar-refractivity contribution in [2.75, 3.05) is 33.0 Å². The summed E-state index contributed by atoms with van der Waals surface area (Å²) in [6.45, 7) is 0. The Hall–Kier alpha value is -1.34. The highest BCUT2D eigenvalue weighted by atomic mass is 32.2. The fourth-order valence-electron chi connectivity index (χ4n) is 2.85. The highest BCUT2D eigenvalue weighted by molar-refractivity contribution is 8.17. The minimum absolute atomic E-state index is 0.00508. The molecule has 3 rings (SSSR count). The molecule has 2 aromatic rings. The van der Waals surface area contributed by atoms with Gasteiger partial charge in [-0.05, 0) is 42.4 Å². The van der Waals surface area contributed by atoms with E-state index in [0.29, 0.717) is 0 Å². The third kappa shape index (κ3) is 3.77. The zero-order valence-electron chi connectivity index (χ0n) is 14.6. The number of hydrogen-bond donors (Lipinski definition) is 1. The Labute approximate surface area is 157 Å². The highest BCUT2D eigenvalue weighted by Gasteiger charge is 2.42. The second-order valence-corrected chi connectivity index (χ2v) is 8.43. The van der Waals surface area contributed by atoms with Crippen LogP contribution in [0.2, 0.25) is 0 Å². The molecule has 25 heavy (non-hydrogen) atoms. The van der Waals surface area contributed by atoms with Gasteiger partial charge in [0.1, 0.15) is 17.1 Å². The van der Waals surface area contributed by atoms with E-state index in [9.17, 15) is 5.11 Å². The molecular weight excluding hydrogens is 354 g/mol. The number of methoxy groups -OCH3 is 2. The maximum absolute atomic E-state index is 11.9. The highest BCUT2D eigenvalue weighted by Crippen LogP contribution is 2.47. The third-order valence-corrected chi connectivity index (χ3v) is 7.58. The van der Waals surface area contributed by atoms with E-state index in [1.807, 2.05) is 48.5 Å². The smallest absolute Gasteiger partial charge is 0.136 e. The van der Waals surface area contributed by atoms with Crippen molar-refractivity contribution in [2.24, 2.45) is 0 Å². The molecule has 0 unspecified atom stereocenters. The Bertz CT molecular complexity index is 635. The molecule has 1 aliphatic heterocycles. The summed E-state index contributed by atoms with van der Waals surface area (Å²) in [7, 11) is 5.39. The van der Waals surface area contributed by atoms with E-state index in [1.54, 1.807) is 37.7 Å². The summed E-state index contributed by atoms with van der Waals surface area (Å²) < 4.78 is 10.5. The maximum atomic E-state index is 11.9. The van der Waals surface area contributed by atoms with E-state index in [1.165, 1.54) is 0 Å². The van der Waals surface area contributed by atoms with Crippen LogP contribution in [-0.2, 0) is 5.60 Å². The lowest BCUT2D eigenvalue weighted by Crippen LogP contribution is -2.41. The number of nitrogens with zero attached hydrogens (tertiary/aromatic N) is 1. The molecule has 1 heterocycles. The SMILES string of the molecule is COc1ccc(C(O)(c2ccc(OC)cc2)C2SCN(C)CS2)cc1. The molecule has 1 N–H and O–H groups in total. The van der Waals surface area contributed by atoms with Crippen LogP contribution in [0.15, 0.2) is 48.5 Å². The monoisotopic (exact) mass is 377 g/mol. The number of thioether (sulfide) groups is 2. The Morgan fingerprint density at radius 2 is 1.28 bits per heavy atom. The first kappa shape index (κ1) is 18.5. The summed E-state index contributed by atoms with van der Waals surface area (Å²) in [5.74, 6) is 3.35. The summed E-state index contributed by atoms with van der Waals surface area (Å²) in [4.78, 5) is 2.24. The van der Waals surface area contributed by atoms with Gasteiger partial charge in [0, 0.05) is 11.8 Å². The molecule has 0 aliphatic carbocycles. The molecule has 1 saturated heterocycles. The van der Waals surface area contributed by atoms with Gasteiger partial charge in [-0.15, -0.1) is 23.5 Å². The van der Waals surface area contributed by atoms with Gasteiger partial charge in [-0.3, -0.25) is 4.90 Å². The summed E-state index contributed by atoms with van der Waals surface area (Å²) in [5.41, 5.74) is 0.649. The van der Waals surface area contributed by atoms with Gasteiger partial charge >= 0.3 is 0 Å². The molecule has 134 valence electrons. The normalized spacial score (nSPS) is 16.6. The van der Waals surface area contributed by atoms with Crippen LogP contribution >= 0.6 is 23.5 Å². The largest absolute Gasteiger partial charge is 0.497 e. The number of ether oxygens (including phenoxy) is 2. The van der Waals surface area contributed by atoms with Crippen molar-refractivity contribution in [3.05, 3.63) is 59.7 Å². The molecular formula is C19H23NO3S2. The van der Waals surface area contributed by atoms with Crippen LogP contribution in [0.25, 0.3) is 0 Å². The van der Waals surface area contributed by atoms with E-state index < -0.39 is 5.60 Å². The Morgan fingerprint density at radius 3 is 1.64 bits per heavy atom. The molecule has 0 aromatic heterocycles. The summed E-state index contributed by atoms with van der Waals surface area (Å²) in [6, 6.07) is 15.4. The standard InChI is InChI=1S/C19H23NO3S2/c1-20-12-24-18(25-13-20)19(21,14-4-8-16(22-2)9-5-14)15-6-10-17(23-3)11-7-15/h4-11,18,21H,12-13H2,1-3H3. The molecule has 6 heteroatoms. The molecule has 0 saturated carbocycles. The lowest BCUT2D eigenvalue weighted by atomic mass is 9.87. The van der Waals surface area contributed by atoms with E-state index in [2.05, 4.69) is 11.9 Å². The lowest BCUT2D eigenvalue weighted by molar-refractivity contribution is 0.0982. The molecule has 2 aromatic carbocycles. The summed E-state index contributed by atoms with van der Waals surface area (Å²) >= 11 is 3.53. The predicted molar refractivity (Wildman–Crippen MR) is 105 cm³/mol. The van der Waals surface area contributed by atoms with Crippen molar-refractivity contribution in [1.29, 1.82) is 0 Å². The molecule has 0 spiro atoms. The van der Waals surface area contributed by atoms with Gasteiger partial charge in [-0.1, -0.05) is 24.3 Å². The molecule has 0 atom stereocenters. The first-order valence-electron chi connectivity index (χ1n) is 8.01. The molecule has 1 fully saturated rings. The maximum Gasteiger partial charge on any atom is 0.136 e. The zero-order chi connectivity index (χ0) is 17.9. The van der Waals surface area contributed by atoms with Crippen LogP contribution in [0.5, 0.6) is 11.5 Å². The Balaban J connectivity index is 2.02. The Morgan fingerprint density at radius 1 is 0.880 bits per heavy atom. The number of aliphatic hydroxyl groups is 1. The van der Waals surface area contributed by atoms with Gasteiger partial charge in [0.2, 0.25) is 0 Å². The molecule has 0 amide bonds. The quantitative estimate of drug-likeness (QED) is 0.859. The van der Waals surface area contributed by atoms with Crippen molar-refractivity contribution < 1.29 is 14.6 Å². The van der Waals surface area contributed by atoms with Gasteiger partial charge in [0.05, 0.1) is 18.8 Å². The molecule has 1 aliphatic rings. The number of hydrogen-bond acceptors (Lipinski definition) is 6. The van der Waals surface area contributed by atoms with Gasteiger partial charge in [0.15, 0.2) is 0 Å². The molecule has 4 nitrogen and oxygen atoms in total. The second kappa shape index (κ2) is 7.91. The minimum atomic E-state index is -1.09. The number of benzene rings is 2. The minimum Gasteiger partial charge on any atom is -0.497 e. The number of rotatable bonds is 5. The van der Waals surface area contributed by atoms with Crippen LogP contribution < -0.4 is 9.47 Å². The predicted octanol–water partition coefficient (Wildman–Crippen LogP) is 3.59. The van der Waals surface area contributed by atoms with Crippen LogP contribution in [0.3, 0.4) is 0 Å². The van der Waals surface area contributed by atoms with Crippen LogP contribution in [0.4, 0.5) is 0 Å². The zero-order valence-corrected chi connectivity index (χ0v) is 16.3. The molecule has 0 bridgehead atoms. The van der Waals surface area contributed by atoms with Crippen molar-refractivity contribution in [3.8, 4) is 11.5 Å². The van der Waals surface area contributed by atoms with Crippen molar-refractivity contribution in [2.45, 2.75) is 10.2 Å². The van der Waals surface area contributed by atoms with Crippen LogP contribution in [0, 0.1) is 0 Å². The summed E-state index contributed by atoms with van der Waals surface area (Å²) in [5, 5.41) is 11.9. The second-order valence-electron chi connectivity index (χ2n) is 6.00. The van der Waals surface area contributed by atoms with Crippen molar-refractivity contribution in [3.63, 3.8) is 0 Å². The van der Waals surface area contributed by atoms with Gasteiger partial charge in [-0.2, -0.15) is 0 Å². The van der Waals surface area contributed by atoms with E-state index in [4.69, 9.17) is 9.47 Å². The summed E-state index contributed by atoms with van der Waals surface area (Å²) in [6.07, 6.45) is 0. The topological polar surface area (TPSA) is 41.9 Å². The average Bonchev–Trinajstić information content (AvgIpc) is 2.68. The van der Waals surface area contributed by atoms with E-state index >= 15 is 0 Å². The average molecular weight is 378 g/mol. The van der Waals surface area contributed by atoms with Crippen LogP contribution in [0.1, 0.15) is 11.1 Å². The van der Waals surface area contributed by atoms with Gasteiger partial charge in [0.25, 0.3) is 0 Å². The van der Waals surface area contributed by atoms with E-state index in [0.717, 1.165) is 34.4 Å². The lowest BCUT2D eigenvalue weighted by Gasteiger charge is -2.40. The first-order chi connectivity index (χ1) is 12.1. The molecule has 0 radical (unpaired) electrons.